The fourth-order valence-electron chi connectivity index (χ4n) is 2.78. The predicted octanol–water partition coefficient (Wildman–Crippen LogP) is 1.66. The van der Waals surface area contributed by atoms with E-state index in [1.807, 2.05) is 7.05 Å². The molecular weight excluding hydrogens is 296 g/mol. The van der Waals surface area contributed by atoms with Crippen LogP contribution >= 0.6 is 15.9 Å². The van der Waals surface area contributed by atoms with E-state index in [2.05, 4.69) is 38.1 Å². The van der Waals surface area contributed by atoms with Gasteiger partial charge in [-0.1, -0.05) is 12.1 Å². The first-order valence-corrected chi connectivity index (χ1v) is 7.36. The molecular formula is C12H21BrN4O. The van der Waals surface area contributed by atoms with E-state index in [1.54, 1.807) is 4.68 Å². The molecule has 1 aromatic rings. The van der Waals surface area contributed by atoms with Gasteiger partial charge < -0.3 is 10.0 Å². The molecule has 0 aromatic carbocycles. The van der Waals surface area contributed by atoms with Gasteiger partial charge in [-0.2, -0.15) is 0 Å². The van der Waals surface area contributed by atoms with E-state index < -0.39 is 5.60 Å². The van der Waals surface area contributed by atoms with E-state index in [0.717, 1.165) is 51.0 Å². The molecule has 6 heteroatoms. The zero-order valence-electron chi connectivity index (χ0n) is 11.1. The summed E-state index contributed by atoms with van der Waals surface area (Å²) >= 11 is 3.39. The smallest absolute Gasteiger partial charge is 0.154 e. The molecule has 1 saturated heterocycles. The Morgan fingerprint density at radius 3 is 2.78 bits per heavy atom. The number of halogens is 1. The van der Waals surface area contributed by atoms with Crippen LogP contribution in [0.4, 0.5) is 0 Å². The largest absolute Gasteiger partial charge is 0.383 e. The molecule has 1 fully saturated rings. The number of nitrogens with zero attached hydrogens (tertiary/aromatic N) is 4. The highest BCUT2D eigenvalue weighted by Crippen LogP contribution is 2.35. The van der Waals surface area contributed by atoms with E-state index in [4.69, 9.17) is 0 Å². The van der Waals surface area contributed by atoms with Crippen molar-refractivity contribution in [3.8, 4) is 0 Å². The van der Waals surface area contributed by atoms with Crippen molar-refractivity contribution >= 4 is 15.9 Å². The molecule has 1 aliphatic rings. The second kappa shape index (κ2) is 5.67. The van der Waals surface area contributed by atoms with E-state index in [9.17, 15) is 5.11 Å². The van der Waals surface area contributed by atoms with Crippen LogP contribution in [-0.2, 0) is 12.6 Å². The lowest BCUT2D eigenvalue weighted by molar-refractivity contribution is 0.0126. The van der Waals surface area contributed by atoms with Gasteiger partial charge in [0.05, 0.1) is 0 Å². The van der Waals surface area contributed by atoms with Crippen molar-refractivity contribution in [3.05, 3.63) is 10.3 Å². The van der Waals surface area contributed by atoms with E-state index >= 15 is 0 Å². The maximum absolute atomic E-state index is 10.9. The molecule has 102 valence electrons. The molecule has 0 saturated carbocycles. The maximum Gasteiger partial charge on any atom is 0.154 e. The number of hydrogen-bond donors (Lipinski definition) is 1. The normalized spacial score (nSPS) is 26.2. The van der Waals surface area contributed by atoms with Crippen molar-refractivity contribution < 1.29 is 5.11 Å². The Balaban J connectivity index is 2.17. The third kappa shape index (κ3) is 2.75. The molecule has 1 unspecified atom stereocenters. The number of likely N-dealkylation sites (tertiary alicyclic amines) is 1. The molecule has 0 bridgehead atoms. The monoisotopic (exact) mass is 316 g/mol. The average Bonchev–Trinajstić information content (AvgIpc) is 2.55. The lowest BCUT2D eigenvalue weighted by Crippen LogP contribution is -2.31. The van der Waals surface area contributed by atoms with Crippen LogP contribution in [0.5, 0.6) is 0 Å². The number of aryl methyl sites for hydroxylation is 1. The highest BCUT2D eigenvalue weighted by molar-refractivity contribution is 9.10. The predicted molar refractivity (Wildman–Crippen MR) is 73.2 cm³/mol. The van der Waals surface area contributed by atoms with Gasteiger partial charge in [-0.15, -0.1) is 5.10 Å². The van der Waals surface area contributed by atoms with Gasteiger partial charge in [-0.25, -0.2) is 4.68 Å². The first-order chi connectivity index (χ1) is 8.57. The van der Waals surface area contributed by atoms with Crippen molar-refractivity contribution in [2.24, 2.45) is 7.05 Å². The van der Waals surface area contributed by atoms with E-state index in [0.29, 0.717) is 4.60 Å². The van der Waals surface area contributed by atoms with E-state index in [-0.39, 0.29) is 0 Å². The van der Waals surface area contributed by atoms with Crippen LogP contribution in [0.3, 0.4) is 0 Å². The first kappa shape index (κ1) is 14.0. The summed E-state index contributed by atoms with van der Waals surface area (Å²) in [5.74, 6) is 0. The molecule has 0 spiro atoms. The minimum absolute atomic E-state index is 0.663. The Hall–Kier alpha value is -0.460. The van der Waals surface area contributed by atoms with Gasteiger partial charge in [0.2, 0.25) is 0 Å². The van der Waals surface area contributed by atoms with Crippen LogP contribution in [0, 0.1) is 0 Å². The molecule has 0 radical (unpaired) electrons. The fraction of sp³-hybridized carbons (Fsp3) is 0.833. The van der Waals surface area contributed by atoms with Gasteiger partial charge >= 0.3 is 0 Å². The maximum atomic E-state index is 10.9. The number of aromatic nitrogens is 3. The minimum atomic E-state index is -0.806. The van der Waals surface area contributed by atoms with E-state index in [1.165, 1.54) is 0 Å². The van der Waals surface area contributed by atoms with Crippen LogP contribution in [-0.4, -0.2) is 44.6 Å². The summed E-state index contributed by atoms with van der Waals surface area (Å²) in [4.78, 5) is 2.43. The van der Waals surface area contributed by atoms with Gasteiger partial charge in [-0.3, -0.25) is 0 Å². The molecule has 0 aliphatic carbocycles. The van der Waals surface area contributed by atoms with Crippen LogP contribution in [0.25, 0.3) is 0 Å². The Labute approximate surface area is 116 Å². The zero-order valence-corrected chi connectivity index (χ0v) is 12.6. The molecule has 18 heavy (non-hydrogen) atoms. The van der Waals surface area contributed by atoms with Crippen molar-refractivity contribution in [1.82, 2.24) is 19.9 Å². The summed E-state index contributed by atoms with van der Waals surface area (Å²) < 4.78 is 2.34. The summed E-state index contributed by atoms with van der Waals surface area (Å²) in [5.41, 5.74) is 0.000364. The standard InChI is InChI=1S/C12H21BrN4O/c1-3-7-17-8-4-5-12(18,6-9-17)10-11(13)14-15-16(10)2/h18H,3-9H2,1-2H3. The van der Waals surface area contributed by atoms with Gasteiger partial charge in [0, 0.05) is 13.6 Å². The molecule has 2 heterocycles. The Morgan fingerprint density at radius 1 is 1.39 bits per heavy atom. The molecule has 1 N–H and O–H groups in total. The van der Waals surface area contributed by atoms with Crippen LogP contribution in [0.1, 0.15) is 38.3 Å². The highest BCUT2D eigenvalue weighted by Gasteiger charge is 2.36. The summed E-state index contributed by atoms with van der Waals surface area (Å²) in [6.07, 6.45) is 3.68. The lowest BCUT2D eigenvalue weighted by atomic mass is 9.91. The van der Waals surface area contributed by atoms with Crippen LogP contribution in [0.15, 0.2) is 4.60 Å². The molecule has 0 amide bonds. The third-order valence-corrected chi connectivity index (χ3v) is 4.21. The molecule has 1 aliphatic heterocycles. The average molecular weight is 317 g/mol. The topological polar surface area (TPSA) is 54.2 Å². The van der Waals surface area contributed by atoms with Crippen molar-refractivity contribution in [1.29, 1.82) is 0 Å². The Bertz CT molecular complexity index is 389. The highest BCUT2D eigenvalue weighted by atomic mass is 79.9. The van der Waals surface area contributed by atoms with Crippen molar-refractivity contribution in [3.63, 3.8) is 0 Å². The summed E-state index contributed by atoms with van der Waals surface area (Å²) in [6.45, 7) is 5.31. The van der Waals surface area contributed by atoms with Crippen LogP contribution < -0.4 is 0 Å². The number of aliphatic hydroxyl groups is 1. The SMILES string of the molecule is CCCN1CCCC(O)(c2c(Br)nnn2C)CC1. The number of rotatable bonds is 3. The second-order valence-corrected chi connectivity index (χ2v) is 5.83. The Morgan fingerprint density at radius 2 is 2.17 bits per heavy atom. The van der Waals surface area contributed by atoms with Gasteiger partial charge in [-0.05, 0) is 54.7 Å². The number of hydrogen-bond acceptors (Lipinski definition) is 4. The summed E-state index contributed by atoms with van der Waals surface area (Å²) in [5, 5.41) is 18.8. The first-order valence-electron chi connectivity index (χ1n) is 6.57. The van der Waals surface area contributed by atoms with Gasteiger partial charge in [0.25, 0.3) is 0 Å². The van der Waals surface area contributed by atoms with Gasteiger partial charge in [0.15, 0.2) is 4.60 Å². The lowest BCUT2D eigenvalue weighted by Gasteiger charge is -2.27. The molecule has 1 aromatic heterocycles. The third-order valence-electron chi connectivity index (χ3n) is 3.67. The van der Waals surface area contributed by atoms with Crippen molar-refractivity contribution in [2.45, 2.75) is 38.2 Å². The molecule has 1 atom stereocenters. The Kier molecular flexibility index (Phi) is 4.40. The quantitative estimate of drug-likeness (QED) is 0.921. The van der Waals surface area contributed by atoms with Crippen molar-refractivity contribution in [2.75, 3.05) is 19.6 Å². The second-order valence-electron chi connectivity index (χ2n) is 5.08. The summed E-state index contributed by atoms with van der Waals surface area (Å²) in [7, 11) is 1.83. The molecule has 5 nitrogen and oxygen atoms in total. The minimum Gasteiger partial charge on any atom is -0.383 e. The fourth-order valence-corrected chi connectivity index (χ4v) is 3.47. The zero-order chi connectivity index (χ0) is 13.2. The van der Waals surface area contributed by atoms with Crippen LogP contribution in [0.2, 0.25) is 0 Å². The molecule has 2 rings (SSSR count). The van der Waals surface area contributed by atoms with Gasteiger partial charge in [0.1, 0.15) is 11.3 Å². The summed E-state index contributed by atoms with van der Waals surface area (Å²) in [6, 6.07) is 0.